The number of aromatic nitrogens is 1. The fourth-order valence-electron chi connectivity index (χ4n) is 2.33. The zero-order valence-electron chi connectivity index (χ0n) is 9.53. The van der Waals surface area contributed by atoms with E-state index in [1.54, 1.807) is 4.88 Å². The van der Waals surface area contributed by atoms with E-state index in [0.29, 0.717) is 0 Å². The third-order valence-electron chi connectivity index (χ3n) is 3.24. The summed E-state index contributed by atoms with van der Waals surface area (Å²) in [6.45, 7) is 0. The van der Waals surface area contributed by atoms with E-state index in [-0.39, 0.29) is 5.38 Å². The molecule has 17 heavy (non-hydrogen) atoms. The van der Waals surface area contributed by atoms with Gasteiger partial charge in [0.1, 0.15) is 0 Å². The first-order valence-electron chi connectivity index (χ1n) is 5.97. The number of rotatable bonds is 3. The van der Waals surface area contributed by atoms with Crippen LogP contribution in [0.25, 0.3) is 0 Å². The Labute approximate surface area is 110 Å². The van der Waals surface area contributed by atoms with Crippen LogP contribution in [0.4, 0.5) is 0 Å². The predicted octanol–water partition coefficient (Wildman–Crippen LogP) is 4.15. The number of pyridine rings is 1. The Kier molecular flexibility index (Phi) is 3.17. The third kappa shape index (κ3) is 2.38. The first-order chi connectivity index (χ1) is 8.33. The maximum atomic E-state index is 6.50. The maximum absolute atomic E-state index is 6.50. The summed E-state index contributed by atoms with van der Waals surface area (Å²) < 4.78 is 0. The predicted molar refractivity (Wildman–Crippen MR) is 72.9 cm³/mol. The van der Waals surface area contributed by atoms with E-state index in [4.69, 9.17) is 11.6 Å². The maximum Gasteiger partial charge on any atom is 0.0719 e. The second kappa shape index (κ2) is 4.79. The first-order valence-corrected chi connectivity index (χ1v) is 7.22. The van der Waals surface area contributed by atoms with Crippen molar-refractivity contribution in [2.75, 3.05) is 0 Å². The number of hydrogen-bond acceptors (Lipinski definition) is 2. The van der Waals surface area contributed by atoms with Gasteiger partial charge in [-0.1, -0.05) is 0 Å². The number of nitrogens with zero attached hydrogens (tertiary/aromatic N) is 1. The standard InChI is InChI=1S/C14H14ClNS/c15-12(8-10-4-6-16-7-5-10)14-9-11-2-1-3-13(11)17-14/h4-7,9,12H,1-3,8H2. The number of hydrogen-bond donors (Lipinski definition) is 0. The number of halogens is 1. The van der Waals surface area contributed by atoms with Crippen LogP contribution in [0.5, 0.6) is 0 Å². The second-order valence-corrected chi connectivity index (χ2v) is 6.17. The molecular weight excluding hydrogens is 250 g/mol. The smallest absolute Gasteiger partial charge is 0.0719 e. The first kappa shape index (κ1) is 11.2. The van der Waals surface area contributed by atoms with Gasteiger partial charge in [-0.15, -0.1) is 22.9 Å². The Morgan fingerprint density at radius 2 is 2.12 bits per heavy atom. The highest BCUT2D eigenvalue weighted by Crippen LogP contribution is 2.37. The quantitative estimate of drug-likeness (QED) is 0.758. The summed E-state index contributed by atoms with van der Waals surface area (Å²) in [7, 11) is 0. The van der Waals surface area contributed by atoms with Crippen LogP contribution in [-0.4, -0.2) is 4.98 Å². The lowest BCUT2D eigenvalue weighted by Crippen LogP contribution is -1.93. The van der Waals surface area contributed by atoms with Gasteiger partial charge in [0.25, 0.3) is 0 Å². The highest BCUT2D eigenvalue weighted by Gasteiger charge is 2.18. The molecule has 0 aliphatic heterocycles. The van der Waals surface area contributed by atoms with Crippen molar-refractivity contribution in [2.45, 2.75) is 31.1 Å². The van der Waals surface area contributed by atoms with Crippen LogP contribution in [0.2, 0.25) is 0 Å². The van der Waals surface area contributed by atoms with Crippen molar-refractivity contribution in [1.29, 1.82) is 0 Å². The molecule has 0 aromatic carbocycles. The zero-order chi connectivity index (χ0) is 11.7. The van der Waals surface area contributed by atoms with Crippen molar-refractivity contribution < 1.29 is 0 Å². The van der Waals surface area contributed by atoms with Gasteiger partial charge in [-0.2, -0.15) is 0 Å². The highest BCUT2D eigenvalue weighted by atomic mass is 35.5. The molecule has 3 rings (SSSR count). The number of thiophene rings is 1. The summed E-state index contributed by atoms with van der Waals surface area (Å²) in [5.74, 6) is 0. The molecule has 2 aromatic rings. The van der Waals surface area contributed by atoms with Gasteiger partial charge in [-0.05, 0) is 55.0 Å². The summed E-state index contributed by atoms with van der Waals surface area (Å²) >= 11 is 8.40. The van der Waals surface area contributed by atoms with Gasteiger partial charge in [0.05, 0.1) is 5.38 Å². The summed E-state index contributed by atoms with van der Waals surface area (Å²) in [6, 6.07) is 6.39. The normalized spacial score (nSPS) is 15.8. The van der Waals surface area contributed by atoms with Crippen LogP contribution in [0.1, 0.15) is 32.7 Å². The zero-order valence-corrected chi connectivity index (χ0v) is 11.1. The molecule has 1 aliphatic carbocycles. The minimum Gasteiger partial charge on any atom is -0.265 e. The fraction of sp³-hybridized carbons (Fsp3) is 0.357. The molecule has 0 spiro atoms. The Balaban J connectivity index is 1.75. The molecule has 1 unspecified atom stereocenters. The topological polar surface area (TPSA) is 12.9 Å². The van der Waals surface area contributed by atoms with E-state index >= 15 is 0 Å². The number of alkyl halides is 1. The Bertz CT molecular complexity index is 485. The molecular formula is C14H14ClNS. The molecule has 1 atom stereocenters. The largest absolute Gasteiger partial charge is 0.265 e. The van der Waals surface area contributed by atoms with E-state index in [0.717, 1.165) is 6.42 Å². The van der Waals surface area contributed by atoms with E-state index in [1.807, 2.05) is 35.9 Å². The van der Waals surface area contributed by atoms with Crippen molar-refractivity contribution >= 4 is 22.9 Å². The number of fused-ring (bicyclic) bond motifs is 1. The van der Waals surface area contributed by atoms with E-state index in [9.17, 15) is 0 Å². The van der Waals surface area contributed by atoms with Crippen molar-refractivity contribution in [3.8, 4) is 0 Å². The highest BCUT2D eigenvalue weighted by molar-refractivity contribution is 7.12. The summed E-state index contributed by atoms with van der Waals surface area (Å²) in [5.41, 5.74) is 2.79. The van der Waals surface area contributed by atoms with Gasteiger partial charge >= 0.3 is 0 Å². The van der Waals surface area contributed by atoms with Gasteiger partial charge in [-0.3, -0.25) is 4.98 Å². The van der Waals surface area contributed by atoms with Crippen LogP contribution in [0.15, 0.2) is 30.6 Å². The molecule has 3 heteroatoms. The minimum absolute atomic E-state index is 0.105. The lowest BCUT2D eigenvalue weighted by atomic mass is 10.1. The van der Waals surface area contributed by atoms with Gasteiger partial charge in [0.15, 0.2) is 0 Å². The molecule has 88 valence electrons. The number of aryl methyl sites for hydroxylation is 2. The molecule has 0 amide bonds. The molecule has 0 fully saturated rings. The average Bonchev–Trinajstić information content (AvgIpc) is 2.90. The van der Waals surface area contributed by atoms with Crippen LogP contribution in [-0.2, 0) is 19.3 Å². The second-order valence-electron chi connectivity index (χ2n) is 4.48. The van der Waals surface area contributed by atoms with Crippen molar-refractivity contribution in [1.82, 2.24) is 4.98 Å². The van der Waals surface area contributed by atoms with Crippen molar-refractivity contribution in [3.05, 3.63) is 51.5 Å². The SMILES string of the molecule is ClC(Cc1ccncc1)c1cc2c(s1)CCC2. The molecule has 0 radical (unpaired) electrons. The van der Waals surface area contributed by atoms with Crippen LogP contribution in [0.3, 0.4) is 0 Å². The molecule has 2 heterocycles. The van der Waals surface area contributed by atoms with Crippen LogP contribution < -0.4 is 0 Å². The van der Waals surface area contributed by atoms with E-state index in [2.05, 4.69) is 11.1 Å². The van der Waals surface area contributed by atoms with Crippen molar-refractivity contribution in [2.24, 2.45) is 0 Å². The van der Waals surface area contributed by atoms with Crippen molar-refractivity contribution in [3.63, 3.8) is 0 Å². The summed E-state index contributed by atoms with van der Waals surface area (Å²) in [5, 5.41) is 0.105. The molecule has 0 saturated heterocycles. The Hall–Kier alpha value is -0.860. The van der Waals surface area contributed by atoms with Crippen LogP contribution in [0, 0.1) is 0 Å². The fourth-order valence-corrected chi connectivity index (χ4v) is 3.94. The molecule has 1 aliphatic rings. The van der Waals surface area contributed by atoms with E-state index in [1.165, 1.54) is 35.3 Å². The van der Waals surface area contributed by atoms with Crippen LogP contribution >= 0.6 is 22.9 Å². The van der Waals surface area contributed by atoms with Gasteiger partial charge in [-0.25, -0.2) is 0 Å². The minimum atomic E-state index is 0.105. The molecule has 0 N–H and O–H groups in total. The lowest BCUT2D eigenvalue weighted by molar-refractivity contribution is 0.904. The van der Waals surface area contributed by atoms with Gasteiger partial charge < -0.3 is 0 Å². The Morgan fingerprint density at radius 3 is 2.88 bits per heavy atom. The molecule has 0 saturated carbocycles. The Morgan fingerprint density at radius 1 is 1.29 bits per heavy atom. The third-order valence-corrected chi connectivity index (χ3v) is 5.11. The molecule has 0 bridgehead atoms. The van der Waals surface area contributed by atoms with E-state index < -0.39 is 0 Å². The van der Waals surface area contributed by atoms with Gasteiger partial charge in [0, 0.05) is 22.1 Å². The molecule has 2 aromatic heterocycles. The average molecular weight is 264 g/mol. The summed E-state index contributed by atoms with van der Waals surface area (Å²) in [6.07, 6.45) is 8.35. The molecule has 1 nitrogen and oxygen atoms in total. The van der Waals surface area contributed by atoms with Gasteiger partial charge in [0.2, 0.25) is 0 Å². The lowest BCUT2D eigenvalue weighted by Gasteiger charge is -2.07. The summed E-state index contributed by atoms with van der Waals surface area (Å²) in [4.78, 5) is 6.91. The monoisotopic (exact) mass is 263 g/mol.